The van der Waals surface area contributed by atoms with E-state index >= 15 is 0 Å². The number of carbonyl (C=O) groups is 1. The van der Waals surface area contributed by atoms with E-state index < -0.39 is 0 Å². The molecule has 120 valence electrons. The van der Waals surface area contributed by atoms with E-state index in [0.29, 0.717) is 25.2 Å². The molecule has 2 aromatic heterocycles. The van der Waals surface area contributed by atoms with Crippen LogP contribution in [0.1, 0.15) is 26.6 Å². The Balaban J connectivity index is 1.59. The van der Waals surface area contributed by atoms with E-state index in [2.05, 4.69) is 40.4 Å². The van der Waals surface area contributed by atoms with Gasteiger partial charge in [-0.2, -0.15) is 0 Å². The predicted molar refractivity (Wildman–Crippen MR) is 93.9 cm³/mol. The minimum absolute atomic E-state index is 0.124. The van der Waals surface area contributed by atoms with Crippen LogP contribution in [0.15, 0.2) is 29.8 Å². The number of amides is 1. The molecule has 0 atom stereocenters. The van der Waals surface area contributed by atoms with Gasteiger partial charge in [0, 0.05) is 35.4 Å². The van der Waals surface area contributed by atoms with Gasteiger partial charge in [0.25, 0.3) is 5.91 Å². The van der Waals surface area contributed by atoms with Crippen LogP contribution in [-0.2, 0) is 12.8 Å². The van der Waals surface area contributed by atoms with Crippen molar-refractivity contribution in [2.45, 2.75) is 19.8 Å². The molecule has 0 unspecified atom stereocenters. The third-order valence-corrected chi connectivity index (χ3v) is 4.74. The molecule has 3 aromatic rings. The summed E-state index contributed by atoms with van der Waals surface area (Å²) in [6.07, 6.45) is 3.52. The van der Waals surface area contributed by atoms with Crippen molar-refractivity contribution < 1.29 is 4.79 Å². The topological polar surface area (TPSA) is 83.8 Å². The molecule has 5 nitrogen and oxygen atoms in total. The van der Waals surface area contributed by atoms with Gasteiger partial charge in [-0.3, -0.25) is 4.79 Å². The maximum atomic E-state index is 12.1. The lowest BCUT2D eigenvalue weighted by Gasteiger charge is -2.03. The second-order valence-electron chi connectivity index (χ2n) is 5.48. The molecule has 4 N–H and O–H groups in total. The molecule has 1 amide bonds. The van der Waals surface area contributed by atoms with Gasteiger partial charge in [0.05, 0.1) is 5.01 Å². The van der Waals surface area contributed by atoms with Crippen LogP contribution in [0.25, 0.3) is 10.9 Å². The van der Waals surface area contributed by atoms with E-state index in [4.69, 9.17) is 5.73 Å². The van der Waals surface area contributed by atoms with Crippen LogP contribution in [0.3, 0.4) is 0 Å². The molecule has 3 rings (SSSR count). The first-order chi connectivity index (χ1) is 11.2. The molecule has 0 aliphatic carbocycles. The van der Waals surface area contributed by atoms with Crippen LogP contribution in [0, 0.1) is 6.92 Å². The van der Waals surface area contributed by atoms with Crippen LogP contribution in [0.5, 0.6) is 0 Å². The lowest BCUT2D eigenvalue weighted by molar-refractivity contribution is 0.0949. The van der Waals surface area contributed by atoms with Crippen LogP contribution < -0.4 is 11.1 Å². The van der Waals surface area contributed by atoms with Crippen LogP contribution >= 0.6 is 11.3 Å². The van der Waals surface area contributed by atoms with Crippen molar-refractivity contribution in [3.8, 4) is 0 Å². The number of para-hydroxylation sites is 1. The first kappa shape index (κ1) is 15.7. The molecular formula is C17H20N4OS. The van der Waals surface area contributed by atoms with E-state index in [1.54, 1.807) is 5.38 Å². The minimum atomic E-state index is -0.124. The molecule has 2 heterocycles. The lowest BCUT2D eigenvalue weighted by Crippen LogP contribution is -2.26. The van der Waals surface area contributed by atoms with Crippen molar-refractivity contribution in [1.29, 1.82) is 0 Å². The Hall–Kier alpha value is -2.18. The van der Waals surface area contributed by atoms with Crippen molar-refractivity contribution in [3.63, 3.8) is 0 Å². The van der Waals surface area contributed by atoms with Crippen molar-refractivity contribution in [3.05, 3.63) is 51.6 Å². The highest BCUT2D eigenvalue weighted by atomic mass is 32.1. The minimum Gasteiger partial charge on any atom is -0.361 e. The number of nitrogens with one attached hydrogen (secondary N) is 2. The Morgan fingerprint density at radius 2 is 2.26 bits per heavy atom. The quantitative estimate of drug-likeness (QED) is 0.650. The summed E-state index contributed by atoms with van der Waals surface area (Å²) >= 11 is 1.48. The standard InChI is InChI=1S/C17H20N4OS/c1-11-3-2-4-13-12(9-20-16(11)13)6-8-19-17(22)14-10-23-15(21-14)5-7-18/h2-4,9-10,20H,5-8,18H2,1H3,(H,19,22). The summed E-state index contributed by atoms with van der Waals surface area (Å²) in [5, 5.41) is 6.85. The maximum Gasteiger partial charge on any atom is 0.270 e. The molecule has 1 aromatic carbocycles. The highest BCUT2D eigenvalue weighted by Gasteiger charge is 2.11. The second kappa shape index (κ2) is 6.93. The average Bonchev–Trinajstić information content (AvgIpc) is 3.16. The summed E-state index contributed by atoms with van der Waals surface area (Å²) in [5.74, 6) is -0.124. The van der Waals surface area contributed by atoms with Crippen LogP contribution in [-0.4, -0.2) is 29.0 Å². The molecule has 23 heavy (non-hydrogen) atoms. The number of nitrogens with two attached hydrogens (primary N) is 1. The molecule has 0 aliphatic heterocycles. The molecule has 6 heteroatoms. The zero-order chi connectivity index (χ0) is 16.2. The Morgan fingerprint density at radius 3 is 3.09 bits per heavy atom. The Bertz CT molecular complexity index is 821. The normalized spacial score (nSPS) is 11.0. The Kier molecular flexibility index (Phi) is 4.73. The van der Waals surface area contributed by atoms with Gasteiger partial charge < -0.3 is 16.0 Å². The fourth-order valence-corrected chi connectivity index (χ4v) is 3.42. The molecular weight excluding hydrogens is 308 g/mol. The lowest BCUT2D eigenvalue weighted by atomic mass is 10.1. The number of fused-ring (bicyclic) bond motifs is 1. The number of benzene rings is 1. The van der Waals surface area contributed by atoms with Crippen molar-refractivity contribution in [2.75, 3.05) is 13.1 Å². The molecule has 0 aliphatic rings. The summed E-state index contributed by atoms with van der Waals surface area (Å²) in [5.41, 5.74) is 9.59. The van der Waals surface area contributed by atoms with Crippen molar-refractivity contribution in [2.24, 2.45) is 5.73 Å². The van der Waals surface area contributed by atoms with Gasteiger partial charge in [0.15, 0.2) is 0 Å². The number of nitrogens with zero attached hydrogens (tertiary/aromatic N) is 1. The van der Waals surface area contributed by atoms with Gasteiger partial charge in [0.1, 0.15) is 5.69 Å². The molecule has 0 spiro atoms. The third-order valence-electron chi connectivity index (χ3n) is 3.83. The Labute approximate surface area is 138 Å². The van der Waals surface area contributed by atoms with Gasteiger partial charge in [-0.1, -0.05) is 18.2 Å². The summed E-state index contributed by atoms with van der Waals surface area (Å²) in [4.78, 5) is 19.7. The fourth-order valence-electron chi connectivity index (χ4n) is 2.63. The first-order valence-corrected chi connectivity index (χ1v) is 8.55. The van der Waals surface area contributed by atoms with E-state index in [9.17, 15) is 4.79 Å². The SMILES string of the molecule is Cc1cccc2c(CCNC(=O)c3csc(CCN)n3)c[nH]c12. The Morgan fingerprint density at radius 1 is 1.39 bits per heavy atom. The average molecular weight is 328 g/mol. The molecule has 0 radical (unpaired) electrons. The summed E-state index contributed by atoms with van der Waals surface area (Å²) in [6, 6.07) is 6.25. The first-order valence-electron chi connectivity index (χ1n) is 7.67. The van der Waals surface area contributed by atoms with Gasteiger partial charge in [-0.25, -0.2) is 4.98 Å². The predicted octanol–water partition coefficient (Wildman–Crippen LogP) is 2.41. The van der Waals surface area contributed by atoms with Crippen LogP contribution in [0.4, 0.5) is 0 Å². The molecule has 0 fully saturated rings. The summed E-state index contributed by atoms with van der Waals surface area (Å²) in [7, 11) is 0. The summed E-state index contributed by atoms with van der Waals surface area (Å²) < 4.78 is 0. The zero-order valence-electron chi connectivity index (χ0n) is 13.1. The fraction of sp³-hybridized carbons (Fsp3) is 0.294. The number of hydrogen-bond donors (Lipinski definition) is 3. The second-order valence-corrected chi connectivity index (χ2v) is 6.43. The third kappa shape index (κ3) is 3.43. The van der Waals surface area contributed by atoms with E-state index in [-0.39, 0.29) is 5.91 Å². The van der Waals surface area contributed by atoms with Crippen LogP contribution in [0.2, 0.25) is 0 Å². The van der Waals surface area contributed by atoms with E-state index in [1.165, 1.54) is 33.4 Å². The van der Waals surface area contributed by atoms with E-state index in [0.717, 1.165) is 11.4 Å². The summed E-state index contributed by atoms with van der Waals surface area (Å²) in [6.45, 7) is 3.23. The van der Waals surface area contributed by atoms with E-state index in [1.807, 2.05) is 6.20 Å². The van der Waals surface area contributed by atoms with Gasteiger partial charge >= 0.3 is 0 Å². The highest BCUT2D eigenvalue weighted by Crippen LogP contribution is 2.21. The number of aromatic nitrogens is 2. The number of hydrogen-bond acceptors (Lipinski definition) is 4. The zero-order valence-corrected chi connectivity index (χ0v) is 13.9. The van der Waals surface area contributed by atoms with Crippen molar-refractivity contribution >= 4 is 28.1 Å². The van der Waals surface area contributed by atoms with Gasteiger partial charge in [-0.05, 0) is 31.0 Å². The maximum absolute atomic E-state index is 12.1. The number of aromatic amines is 1. The monoisotopic (exact) mass is 328 g/mol. The van der Waals surface area contributed by atoms with Crippen molar-refractivity contribution in [1.82, 2.24) is 15.3 Å². The largest absolute Gasteiger partial charge is 0.361 e. The smallest absolute Gasteiger partial charge is 0.270 e. The number of aryl methyl sites for hydroxylation is 1. The number of rotatable bonds is 6. The molecule has 0 saturated carbocycles. The van der Waals surface area contributed by atoms with Gasteiger partial charge in [0.2, 0.25) is 0 Å². The number of carbonyl (C=O) groups excluding carboxylic acids is 1. The number of H-pyrrole nitrogens is 1. The van der Waals surface area contributed by atoms with Gasteiger partial charge in [-0.15, -0.1) is 11.3 Å². The molecule has 0 bridgehead atoms. The molecule has 0 saturated heterocycles. The highest BCUT2D eigenvalue weighted by molar-refractivity contribution is 7.09. The number of thiazole rings is 1.